The molecule has 0 fully saturated rings. The van der Waals surface area contributed by atoms with Crippen molar-refractivity contribution < 1.29 is 14.3 Å². The van der Waals surface area contributed by atoms with Crippen molar-refractivity contribution in [3.63, 3.8) is 0 Å². The highest BCUT2D eigenvalue weighted by Gasteiger charge is 2.19. The molecule has 6 heteroatoms. The molecular weight excluding hydrogens is 244 g/mol. The van der Waals surface area contributed by atoms with Gasteiger partial charge in [-0.1, -0.05) is 30.3 Å². The quantitative estimate of drug-likeness (QED) is 0.494. The molecule has 0 bridgehead atoms. The standard InChI is InChI=1S/C13H16N4O2/c1-10(8-11-6-4-3-5-7-11)17-9-12(19-16-17)15-13(18)14-2/h3-7,9-10H,8H2,1-2H3,(H-,14,15,16,18). The molecular formula is C13H16N4O2. The summed E-state index contributed by atoms with van der Waals surface area (Å²) < 4.78 is 6.70. The SMILES string of the molecule is CN=C([O-])Nc1c[n+](C(C)Cc2ccccc2)no1. The van der Waals surface area contributed by atoms with E-state index in [1.807, 2.05) is 25.1 Å². The lowest BCUT2D eigenvalue weighted by Crippen LogP contribution is -2.40. The van der Waals surface area contributed by atoms with Gasteiger partial charge in [0.05, 0.1) is 6.02 Å². The molecule has 1 heterocycles. The molecule has 0 saturated heterocycles. The van der Waals surface area contributed by atoms with Gasteiger partial charge in [0.2, 0.25) is 5.27 Å². The molecule has 2 rings (SSSR count). The number of benzene rings is 1. The number of aliphatic imine (C=N–C) groups is 1. The van der Waals surface area contributed by atoms with Crippen molar-refractivity contribution >= 4 is 11.9 Å². The molecule has 0 saturated carbocycles. The zero-order valence-electron chi connectivity index (χ0n) is 10.9. The van der Waals surface area contributed by atoms with Gasteiger partial charge in [-0.05, 0) is 10.2 Å². The molecule has 1 atom stereocenters. The topological polar surface area (TPSA) is 77.4 Å². The highest BCUT2D eigenvalue weighted by atomic mass is 16.5. The Morgan fingerprint density at radius 2 is 2.21 bits per heavy atom. The summed E-state index contributed by atoms with van der Waals surface area (Å²) in [4.78, 5) is 3.46. The van der Waals surface area contributed by atoms with E-state index in [-0.39, 0.29) is 11.9 Å². The Balaban J connectivity index is 2.02. The number of hydrogen-bond acceptors (Lipinski definition) is 4. The van der Waals surface area contributed by atoms with Crippen LogP contribution in [0.1, 0.15) is 18.5 Å². The Labute approximate surface area is 111 Å². The predicted octanol–water partition coefficient (Wildman–Crippen LogP) is 0.524. The molecule has 0 amide bonds. The van der Waals surface area contributed by atoms with Crippen LogP contribution in [0, 0.1) is 0 Å². The van der Waals surface area contributed by atoms with Crippen LogP contribution in [0.5, 0.6) is 0 Å². The molecule has 6 nitrogen and oxygen atoms in total. The second-order valence-corrected chi connectivity index (χ2v) is 4.24. The van der Waals surface area contributed by atoms with Crippen LogP contribution in [0.25, 0.3) is 0 Å². The second kappa shape index (κ2) is 5.99. The first-order valence-electron chi connectivity index (χ1n) is 6.02. The van der Waals surface area contributed by atoms with E-state index < -0.39 is 6.02 Å². The third-order valence-corrected chi connectivity index (χ3v) is 2.74. The normalized spacial score (nSPS) is 13.3. The largest absolute Gasteiger partial charge is 0.846 e. The third-order valence-electron chi connectivity index (χ3n) is 2.74. The van der Waals surface area contributed by atoms with Crippen molar-refractivity contribution in [3.05, 3.63) is 42.1 Å². The van der Waals surface area contributed by atoms with E-state index >= 15 is 0 Å². The fourth-order valence-electron chi connectivity index (χ4n) is 1.73. The van der Waals surface area contributed by atoms with Gasteiger partial charge < -0.3 is 10.4 Å². The number of rotatable bonds is 4. The van der Waals surface area contributed by atoms with Crippen LogP contribution in [0.2, 0.25) is 0 Å². The van der Waals surface area contributed by atoms with Crippen LogP contribution in [0.15, 0.2) is 46.0 Å². The smallest absolute Gasteiger partial charge is 0.300 e. The van der Waals surface area contributed by atoms with Gasteiger partial charge >= 0.3 is 0 Å². The van der Waals surface area contributed by atoms with E-state index in [4.69, 9.17) is 4.52 Å². The average Bonchev–Trinajstić information content (AvgIpc) is 2.88. The van der Waals surface area contributed by atoms with Crippen molar-refractivity contribution in [2.45, 2.75) is 19.4 Å². The summed E-state index contributed by atoms with van der Waals surface area (Å²) in [6.45, 7) is 2.03. The zero-order chi connectivity index (χ0) is 13.7. The molecule has 2 aromatic rings. The van der Waals surface area contributed by atoms with Crippen molar-refractivity contribution in [2.75, 3.05) is 12.4 Å². The van der Waals surface area contributed by atoms with Crippen LogP contribution in [-0.4, -0.2) is 18.3 Å². The number of aromatic nitrogens is 2. The molecule has 0 radical (unpaired) electrons. The fourth-order valence-corrected chi connectivity index (χ4v) is 1.73. The number of hydrogen-bond donors (Lipinski definition) is 1. The van der Waals surface area contributed by atoms with Gasteiger partial charge in [-0.15, -0.1) is 0 Å². The molecule has 0 spiro atoms. The highest BCUT2D eigenvalue weighted by Crippen LogP contribution is 2.09. The number of amidine groups is 1. The maximum Gasteiger partial charge on any atom is 0.300 e. The van der Waals surface area contributed by atoms with E-state index in [0.29, 0.717) is 0 Å². The van der Waals surface area contributed by atoms with Crippen LogP contribution in [-0.2, 0) is 6.42 Å². The Morgan fingerprint density at radius 1 is 1.47 bits per heavy atom. The molecule has 0 aliphatic rings. The Kier molecular flexibility index (Phi) is 4.12. The first-order valence-corrected chi connectivity index (χ1v) is 6.02. The lowest BCUT2D eigenvalue weighted by Gasteiger charge is -2.06. The highest BCUT2D eigenvalue weighted by molar-refractivity contribution is 5.83. The van der Waals surface area contributed by atoms with Crippen LogP contribution in [0.4, 0.5) is 5.88 Å². The Hall–Kier alpha value is -2.37. The molecule has 19 heavy (non-hydrogen) atoms. The van der Waals surface area contributed by atoms with Gasteiger partial charge in [0.25, 0.3) is 12.1 Å². The van der Waals surface area contributed by atoms with Gasteiger partial charge in [-0.3, -0.25) is 9.52 Å². The van der Waals surface area contributed by atoms with Gasteiger partial charge in [-0.2, -0.15) is 0 Å². The minimum Gasteiger partial charge on any atom is -0.846 e. The Morgan fingerprint density at radius 3 is 2.89 bits per heavy atom. The predicted molar refractivity (Wildman–Crippen MR) is 68.5 cm³/mol. The van der Waals surface area contributed by atoms with E-state index in [9.17, 15) is 5.11 Å². The second-order valence-electron chi connectivity index (χ2n) is 4.24. The van der Waals surface area contributed by atoms with E-state index in [1.54, 1.807) is 10.9 Å². The van der Waals surface area contributed by atoms with Crippen molar-refractivity contribution in [1.82, 2.24) is 5.27 Å². The van der Waals surface area contributed by atoms with Crippen LogP contribution < -0.4 is 15.1 Å². The summed E-state index contributed by atoms with van der Waals surface area (Å²) in [6.07, 6.45) is 2.49. The zero-order valence-corrected chi connectivity index (χ0v) is 10.9. The molecule has 1 aromatic carbocycles. The molecule has 0 aliphatic heterocycles. The number of anilines is 1. The maximum absolute atomic E-state index is 11.1. The lowest BCUT2D eigenvalue weighted by atomic mass is 10.1. The van der Waals surface area contributed by atoms with Crippen molar-refractivity contribution in [3.8, 4) is 0 Å². The average molecular weight is 260 g/mol. The first-order chi connectivity index (χ1) is 9.19. The number of nitrogens with zero attached hydrogens (tertiary/aromatic N) is 3. The summed E-state index contributed by atoms with van der Waals surface area (Å²) in [5.74, 6) is 0.288. The number of nitrogens with one attached hydrogen (secondary N) is 1. The summed E-state index contributed by atoms with van der Waals surface area (Å²) in [5, 5.41) is 17.4. The van der Waals surface area contributed by atoms with E-state index in [0.717, 1.165) is 6.42 Å². The lowest BCUT2D eigenvalue weighted by molar-refractivity contribution is -0.782. The van der Waals surface area contributed by atoms with Gasteiger partial charge in [0, 0.05) is 20.4 Å². The summed E-state index contributed by atoms with van der Waals surface area (Å²) >= 11 is 0. The minimum absolute atomic E-state index is 0.135. The van der Waals surface area contributed by atoms with E-state index in [1.165, 1.54) is 12.6 Å². The fraction of sp³-hybridized carbons (Fsp3) is 0.308. The molecule has 0 aliphatic carbocycles. The maximum atomic E-state index is 11.1. The van der Waals surface area contributed by atoms with Gasteiger partial charge in [-0.25, -0.2) is 0 Å². The van der Waals surface area contributed by atoms with Crippen LogP contribution in [0.3, 0.4) is 0 Å². The van der Waals surface area contributed by atoms with Gasteiger partial charge in [0.15, 0.2) is 6.04 Å². The molecule has 1 unspecified atom stereocenters. The molecule has 100 valence electrons. The summed E-state index contributed by atoms with van der Waals surface area (Å²) in [6, 6.07) is 9.80. The minimum atomic E-state index is -0.459. The molecule has 1 aromatic heterocycles. The Bertz CT molecular complexity index is 551. The monoisotopic (exact) mass is 260 g/mol. The third kappa shape index (κ3) is 3.54. The summed E-state index contributed by atoms with van der Waals surface area (Å²) in [7, 11) is 1.41. The van der Waals surface area contributed by atoms with Crippen molar-refractivity contribution in [1.29, 1.82) is 0 Å². The van der Waals surface area contributed by atoms with E-state index in [2.05, 4.69) is 27.7 Å². The van der Waals surface area contributed by atoms with Gasteiger partial charge in [0.1, 0.15) is 0 Å². The molecule has 1 N–H and O–H groups in total. The summed E-state index contributed by atoms with van der Waals surface area (Å²) in [5.41, 5.74) is 1.22. The van der Waals surface area contributed by atoms with Crippen molar-refractivity contribution in [2.24, 2.45) is 4.99 Å². The van der Waals surface area contributed by atoms with Crippen LogP contribution >= 0.6 is 0 Å². The first kappa shape index (κ1) is 13.1.